The molecule has 119 heavy (non-hydrogen) atoms. The molecule has 0 aromatic rings. The average Bonchev–Trinajstić information content (AvgIpc) is 0.701. The molecule has 119 heteroatoms. The number of rotatable bonds is 58. The Balaban J connectivity index is 16.5. The zero-order valence-electron chi connectivity index (χ0n) is 68.7. The van der Waals surface area contributed by atoms with Crippen LogP contribution in [0.3, 0.4) is 0 Å². The maximum absolute atomic E-state index is 7.75. The van der Waals surface area contributed by atoms with Gasteiger partial charge >= 0.3 is 0 Å². The zero-order valence-corrected chi connectivity index (χ0v) is 68.7. The number of hydrogen-bond donors (Lipinski definition) is 0. The fourth-order valence-corrected chi connectivity index (χ4v) is 21.7. The van der Waals surface area contributed by atoms with Gasteiger partial charge in [0.15, 0.2) is 0 Å². The van der Waals surface area contributed by atoms with E-state index in [1.54, 1.807) is 0 Å². The molecule has 0 fully saturated rings. The van der Waals surface area contributed by atoms with Crippen molar-refractivity contribution in [2.24, 2.45) is 0 Å². The highest BCUT2D eigenvalue weighted by atomic mass is 13.5. The molecule has 0 rings (SSSR count). The minimum absolute atomic E-state index is 0.901. The Bertz CT molecular complexity index is 2070. The summed E-state index contributed by atoms with van der Waals surface area (Å²) in [6.07, 6.45) is -121. The van der Waals surface area contributed by atoms with Gasteiger partial charge in [0.05, 0.1) is 0 Å². The van der Waals surface area contributed by atoms with Crippen molar-refractivity contribution in [2.75, 3.05) is 0 Å². The molecule has 0 amide bonds. The minimum Gasteiger partial charge on any atom is -0.690 e. The molecule has 0 spiro atoms. The zero-order chi connectivity index (χ0) is 94.2. The Kier molecular flexibility index (Phi) is 62.4. The molecule has 0 saturated heterocycles. The molecule has 0 unspecified atom stereocenters. The predicted octanol–water partition coefficient (Wildman–Crippen LogP) is -45.3. The molecule has 0 heterocycles. The Morgan fingerprint density at radius 2 is 0.168 bits per heavy atom. The Morgan fingerprint density at radius 1 is 0.101 bits per heavy atom. The summed E-state index contributed by atoms with van der Waals surface area (Å²) in [5.74, 6) is 0. The molecular formula is B119-2. The normalized spacial score (nSPS) is 9.87. The highest BCUT2D eigenvalue weighted by Gasteiger charge is 2.70. The fourth-order valence-electron chi connectivity index (χ4n) is 21.7. The Hall–Kier alpha value is 7.73. The van der Waals surface area contributed by atoms with Gasteiger partial charge in [-0.2, -0.15) is 0 Å². The van der Waals surface area contributed by atoms with Crippen molar-refractivity contribution < 1.29 is 0 Å². The first-order valence-corrected chi connectivity index (χ1v) is 39.3. The van der Waals surface area contributed by atoms with Gasteiger partial charge in [0, 0.05) is 248 Å². The SMILES string of the molecule is [B]B([B])B(B([B])[B])B(B(B([B])[B])B([B])[B])B(B(B(B([B])[B])B([B])[B])B(B([B])[B])B([B])[B])B(B(B(B([B])[B])B([B])[B][B-])B(B(B([B])[B])B([B])[B])B(B([B])[B])B([B])[B-])B(B(B(B(B([B])[B])B([B])[B])B(B([B])[B])B([B])[B])B(B(B([B])[B])B([B])[B])B(B([B])[B])B([B])[B])B(B(B(B([B])[B])B([B])[B])B(B([B])[B])B([B])[B])B(B(B([B])[B])B([B])[B])B(B([B])[B])B([B])[B]. The van der Waals surface area contributed by atoms with E-state index in [4.69, 9.17) is 464 Å². The van der Waals surface area contributed by atoms with Crippen molar-refractivity contribution in [1.82, 2.24) is 0 Å². The lowest BCUT2D eigenvalue weighted by Gasteiger charge is -2.65. The van der Waals surface area contributed by atoms with Crippen molar-refractivity contribution in [2.45, 2.75) is 0 Å². The van der Waals surface area contributed by atoms with E-state index in [2.05, 4.69) is 0 Å². The van der Waals surface area contributed by atoms with Crippen LogP contribution in [0, 0.1) is 0 Å². The van der Waals surface area contributed by atoms with Gasteiger partial charge in [0.1, 0.15) is 0 Å². The minimum atomic E-state index is -2.64. The molecule has 0 atom stereocenters. The first-order chi connectivity index (χ1) is 54.2. The molecule has 0 bridgehead atoms. The summed E-state index contributed by atoms with van der Waals surface area (Å²) in [4.78, 5) is 0. The van der Waals surface area contributed by atoms with Crippen LogP contribution in [-0.2, 0) is 0 Å². The molecule has 123 radical (unpaired) electrons. The Labute approximate surface area is 832 Å². The summed E-state index contributed by atoms with van der Waals surface area (Å²) in [6.45, 7) is 0. The van der Waals surface area contributed by atoms with Crippen LogP contribution in [0.25, 0.3) is 0 Å². The molecule has 0 aliphatic carbocycles. The molecule has 0 aromatic carbocycles. The van der Waals surface area contributed by atoms with E-state index >= 15 is 0 Å². The predicted molar refractivity (Wildman–Crippen MR) is 685 cm³/mol. The molecule has 0 aliphatic rings. The molecule has 0 nitrogen and oxygen atoms in total. The lowest BCUT2D eigenvalue weighted by molar-refractivity contribution is 3.11. The maximum Gasteiger partial charge on any atom is 0 e. The van der Waals surface area contributed by atoms with E-state index < -0.39 is 370 Å². The second-order valence-electron chi connectivity index (χ2n) is 33.7. The molecule has 359 valence electrons. The van der Waals surface area contributed by atoms with E-state index in [0.717, 1.165) is 7.06 Å². The fraction of sp³-hybridized carbons (Fsp3) is 0. The van der Waals surface area contributed by atoms with Crippen molar-refractivity contribution in [3.8, 4) is 0 Å². The largest absolute Gasteiger partial charge is 0.690 e. The van der Waals surface area contributed by atoms with Gasteiger partial charge < -0.3 is 15.5 Å². The molecule has 0 N–H and O–H groups in total. The smallest absolute Gasteiger partial charge is 0 e. The van der Waals surface area contributed by atoms with Gasteiger partial charge in [0.2, 0.25) is 0 Å². The van der Waals surface area contributed by atoms with E-state index in [0.29, 0.717) is 0 Å². The quantitative estimate of drug-likeness (QED) is 0.0533. The van der Waals surface area contributed by atoms with Gasteiger partial charge in [-0.15, -0.1) is 0 Å². The highest BCUT2D eigenvalue weighted by molar-refractivity contribution is 8.46. The van der Waals surface area contributed by atoms with Crippen LogP contribution in [0.5, 0.6) is 0 Å². The summed E-state index contributed by atoms with van der Waals surface area (Å²) in [5.41, 5.74) is 0. The van der Waals surface area contributed by atoms with E-state index in [9.17, 15) is 0 Å². The Morgan fingerprint density at radius 3 is 0.235 bits per heavy atom. The lowest BCUT2D eigenvalue weighted by Crippen LogP contribution is -3.02. The van der Waals surface area contributed by atoms with E-state index in [1.807, 2.05) is 0 Å². The van der Waals surface area contributed by atoms with Crippen molar-refractivity contribution in [1.29, 1.82) is 0 Å². The third kappa shape index (κ3) is 34.1. The summed E-state index contributed by atoms with van der Waals surface area (Å²) >= 11 is 0. The molecule has 0 aliphatic heterocycles. The molecule has 0 aromatic heterocycles. The van der Waals surface area contributed by atoms with Gasteiger partial charge in [-0.1, -0.05) is 0 Å². The third-order valence-electron chi connectivity index (χ3n) is 25.6. The van der Waals surface area contributed by atoms with Gasteiger partial charge in [-0.3, -0.25) is 7.06 Å². The van der Waals surface area contributed by atoms with E-state index in [-0.39, 0.29) is 0 Å². The monoisotopic (exact) mass is 1310 g/mol. The highest BCUT2D eigenvalue weighted by Crippen LogP contribution is 2.32. The van der Waals surface area contributed by atoms with Gasteiger partial charge in [-0.05, 0) is 565 Å². The van der Waals surface area contributed by atoms with Crippen LogP contribution in [0.2, 0.25) is 0 Å². The van der Waals surface area contributed by atoms with E-state index in [1.165, 1.54) is 0 Å². The van der Waals surface area contributed by atoms with Crippen LogP contribution in [0.1, 0.15) is 0 Å². The maximum atomic E-state index is 7.75. The summed E-state index contributed by atoms with van der Waals surface area (Å²) in [6, 6.07) is 0. The second-order valence-corrected chi connectivity index (χ2v) is 33.7. The topological polar surface area (TPSA) is 0 Å². The average molecular weight is 1290 g/mol. The first-order valence-electron chi connectivity index (χ1n) is 39.3. The molecular weight excluding hydrogens is 1290 g/mol. The van der Waals surface area contributed by atoms with Crippen molar-refractivity contribution in [3.63, 3.8) is 0 Å². The molecule has 0 saturated carbocycles. The number of hydrogen-bond acceptors (Lipinski definition) is 0. The summed E-state index contributed by atoms with van der Waals surface area (Å²) in [5, 5.41) is 0. The van der Waals surface area contributed by atoms with Crippen LogP contribution in [0.4, 0.5) is 0 Å². The van der Waals surface area contributed by atoms with Crippen LogP contribution in [-0.4, -0.2) is 842 Å². The third-order valence-corrected chi connectivity index (χ3v) is 25.6. The lowest BCUT2D eigenvalue weighted by atomic mass is 8.17. The summed E-state index contributed by atoms with van der Waals surface area (Å²) in [7, 11) is 440. The van der Waals surface area contributed by atoms with Gasteiger partial charge in [-0.25, -0.2) is 6.39 Å². The standard InChI is InChI=1S/B119/c1-61-91(60)106(90(58)59)114(107(92(62(2)3)63(4)5)93(64(6)7)65(8)9)118(115(108(94(66(10)11)67(12)13)95(68(14)15)69(16)17)109(96(70(18)19)71(20)21)97(72(22)23)73(24)25)119(116(110(98(74(26)27)75(28)29)99(76(30)31)77(32)33)111(100(78(34)35)79(36)37)101(80(38)39)81(40)41)117(112(102(82(42)43)83(44)45)103(84(46)47)85(48)49)113(104(86(50)51)87(52)53)105(88(54)55)89(56)57/q-2. The van der Waals surface area contributed by atoms with Crippen LogP contribution < -0.4 is 0 Å². The summed E-state index contributed by atoms with van der Waals surface area (Å²) < 4.78 is 0. The first kappa shape index (κ1) is 127. The van der Waals surface area contributed by atoms with Crippen LogP contribution in [0.15, 0.2) is 0 Å². The van der Waals surface area contributed by atoms with Crippen molar-refractivity contribution >= 4 is 842 Å². The van der Waals surface area contributed by atoms with Crippen LogP contribution >= 0.6 is 0 Å². The second kappa shape index (κ2) is 58.6. The van der Waals surface area contributed by atoms with Gasteiger partial charge in [0.25, 0.3) is 0 Å². The van der Waals surface area contributed by atoms with Crippen molar-refractivity contribution in [3.05, 3.63) is 0 Å².